The number of fused-ring (bicyclic) bond motifs is 1. The third-order valence-electron chi connectivity index (χ3n) is 4.39. The number of likely N-dealkylation sites (N-methyl/N-ethyl adjacent to an activating group) is 1. The second kappa shape index (κ2) is 9.48. The number of anilines is 1. The van der Waals surface area contributed by atoms with E-state index in [0.29, 0.717) is 48.0 Å². The van der Waals surface area contributed by atoms with Crippen LogP contribution in [0.2, 0.25) is 5.02 Å². The number of benzene rings is 1. The Morgan fingerprint density at radius 3 is 2.72 bits per heavy atom. The van der Waals surface area contributed by atoms with Crippen molar-refractivity contribution in [2.75, 3.05) is 45.2 Å². The zero-order valence-corrected chi connectivity index (χ0v) is 15.9. The fourth-order valence-corrected chi connectivity index (χ4v) is 3.31. The topological polar surface area (TPSA) is 62.8 Å². The highest BCUT2D eigenvalue weighted by Gasteiger charge is 2.21. The summed E-state index contributed by atoms with van der Waals surface area (Å²) in [7, 11) is 1.96. The zero-order chi connectivity index (χ0) is 16.9. The Morgan fingerprint density at radius 2 is 2.00 bits per heavy atom. The molecule has 1 aromatic carbocycles. The number of nitrogens with one attached hydrogen (secondary N) is 2. The summed E-state index contributed by atoms with van der Waals surface area (Å²) in [6.45, 7) is 3.40. The molecular formula is C17H25Cl2N3O3. The van der Waals surface area contributed by atoms with Gasteiger partial charge in [0.1, 0.15) is 0 Å². The minimum absolute atomic E-state index is 0. The molecule has 2 N–H and O–H groups in total. The third-order valence-corrected chi connectivity index (χ3v) is 4.70. The van der Waals surface area contributed by atoms with Crippen molar-refractivity contribution in [1.29, 1.82) is 0 Å². The van der Waals surface area contributed by atoms with E-state index in [0.717, 1.165) is 32.4 Å². The van der Waals surface area contributed by atoms with Crippen molar-refractivity contribution in [3.8, 4) is 11.5 Å². The predicted molar refractivity (Wildman–Crippen MR) is 101 cm³/mol. The van der Waals surface area contributed by atoms with Crippen molar-refractivity contribution in [2.45, 2.75) is 25.3 Å². The fraction of sp³-hybridized carbons (Fsp3) is 0.588. The van der Waals surface area contributed by atoms with Crippen molar-refractivity contribution >= 4 is 35.6 Å². The number of likely N-dealkylation sites (tertiary alicyclic amines) is 1. The van der Waals surface area contributed by atoms with Crippen molar-refractivity contribution in [2.24, 2.45) is 0 Å². The van der Waals surface area contributed by atoms with Crippen LogP contribution in [0.15, 0.2) is 12.1 Å². The first-order valence-electron chi connectivity index (χ1n) is 8.44. The van der Waals surface area contributed by atoms with Gasteiger partial charge in [0.2, 0.25) is 5.91 Å². The van der Waals surface area contributed by atoms with Gasteiger partial charge in [0.25, 0.3) is 0 Å². The highest BCUT2D eigenvalue weighted by Crippen LogP contribution is 2.37. The molecule has 6 nitrogen and oxygen atoms in total. The average molecular weight is 390 g/mol. The van der Waals surface area contributed by atoms with Crippen LogP contribution >= 0.6 is 24.0 Å². The van der Waals surface area contributed by atoms with Crippen molar-refractivity contribution in [3.05, 3.63) is 17.2 Å². The van der Waals surface area contributed by atoms with Gasteiger partial charge < -0.3 is 20.1 Å². The summed E-state index contributed by atoms with van der Waals surface area (Å²) < 4.78 is 11.2. The fourth-order valence-electron chi connectivity index (χ4n) is 3.11. The lowest BCUT2D eigenvalue weighted by atomic mass is 10.1. The number of hydrogen-bond donors (Lipinski definition) is 2. The zero-order valence-electron chi connectivity index (χ0n) is 14.3. The van der Waals surface area contributed by atoms with Crippen LogP contribution in [-0.2, 0) is 4.79 Å². The third kappa shape index (κ3) is 5.38. The molecule has 1 amide bonds. The van der Waals surface area contributed by atoms with E-state index in [2.05, 4.69) is 15.5 Å². The first kappa shape index (κ1) is 20.1. The van der Waals surface area contributed by atoms with Gasteiger partial charge in [-0.15, -0.1) is 12.4 Å². The van der Waals surface area contributed by atoms with Gasteiger partial charge in [0.15, 0.2) is 11.5 Å². The second-order valence-corrected chi connectivity index (χ2v) is 6.65. The van der Waals surface area contributed by atoms with E-state index in [1.165, 1.54) is 0 Å². The largest absolute Gasteiger partial charge is 0.490 e. The van der Waals surface area contributed by atoms with E-state index in [9.17, 15) is 4.79 Å². The van der Waals surface area contributed by atoms with Gasteiger partial charge in [0, 0.05) is 31.1 Å². The Bertz CT molecular complexity index is 601. The van der Waals surface area contributed by atoms with E-state index in [4.69, 9.17) is 21.1 Å². The van der Waals surface area contributed by atoms with Gasteiger partial charge in [-0.1, -0.05) is 11.6 Å². The molecule has 2 heterocycles. The monoisotopic (exact) mass is 389 g/mol. The number of amides is 1. The molecule has 2 aliphatic heterocycles. The second-order valence-electron chi connectivity index (χ2n) is 6.24. The Hall–Kier alpha value is -1.21. The van der Waals surface area contributed by atoms with Crippen LogP contribution in [0.4, 0.5) is 5.69 Å². The lowest BCUT2D eigenvalue weighted by Crippen LogP contribution is -2.46. The van der Waals surface area contributed by atoms with Crippen LogP contribution < -0.4 is 20.1 Å². The van der Waals surface area contributed by atoms with Gasteiger partial charge in [0.05, 0.1) is 30.5 Å². The molecule has 0 spiro atoms. The molecule has 1 unspecified atom stereocenters. The van der Waals surface area contributed by atoms with Crippen molar-refractivity contribution < 1.29 is 14.3 Å². The van der Waals surface area contributed by atoms with Crippen LogP contribution in [0.25, 0.3) is 0 Å². The minimum Gasteiger partial charge on any atom is -0.490 e. The van der Waals surface area contributed by atoms with Gasteiger partial charge in [-0.3, -0.25) is 9.69 Å². The Balaban J connectivity index is 0.00000225. The molecule has 0 aliphatic carbocycles. The molecule has 0 radical (unpaired) electrons. The van der Waals surface area contributed by atoms with Crippen LogP contribution in [-0.4, -0.2) is 56.7 Å². The summed E-state index contributed by atoms with van der Waals surface area (Å²) >= 11 is 6.27. The molecule has 3 rings (SSSR count). The molecule has 8 heteroatoms. The van der Waals surface area contributed by atoms with Gasteiger partial charge in [-0.25, -0.2) is 0 Å². The lowest BCUT2D eigenvalue weighted by Gasteiger charge is -2.31. The molecular weight excluding hydrogens is 365 g/mol. The number of carbonyl (C=O) groups excluding carboxylic acids is 1. The summed E-state index contributed by atoms with van der Waals surface area (Å²) in [5.74, 6) is 1.19. The molecule has 1 atom stereocenters. The number of rotatable bonds is 4. The molecule has 0 aromatic heterocycles. The van der Waals surface area contributed by atoms with E-state index >= 15 is 0 Å². The van der Waals surface area contributed by atoms with Gasteiger partial charge >= 0.3 is 0 Å². The maximum Gasteiger partial charge on any atom is 0.238 e. The number of carbonyl (C=O) groups is 1. The summed E-state index contributed by atoms with van der Waals surface area (Å²) in [6, 6.07) is 3.90. The van der Waals surface area contributed by atoms with Crippen molar-refractivity contribution in [1.82, 2.24) is 10.2 Å². The molecule has 140 valence electrons. The Labute approximate surface area is 159 Å². The van der Waals surface area contributed by atoms with Crippen LogP contribution in [0.5, 0.6) is 11.5 Å². The number of ether oxygens (including phenoxy) is 2. The Kier molecular flexibility index (Phi) is 7.62. The van der Waals surface area contributed by atoms with Crippen molar-refractivity contribution in [3.63, 3.8) is 0 Å². The number of piperidine rings is 1. The van der Waals surface area contributed by atoms with Crippen LogP contribution in [0.3, 0.4) is 0 Å². The summed E-state index contributed by atoms with van der Waals surface area (Å²) in [5, 5.41) is 6.63. The first-order valence-corrected chi connectivity index (χ1v) is 8.82. The minimum atomic E-state index is -0.0665. The standard InChI is InChI=1S/C17H24ClN3O3.ClH/c1-19-12-4-2-5-21(10-12)11-17(22)20-14-9-16-15(8-13(14)18)23-6-3-7-24-16;/h8-9,12,19H,2-7,10-11H2,1H3,(H,20,22);1H. The molecule has 2 aliphatic rings. The normalized spacial score (nSPS) is 20.3. The molecule has 0 saturated carbocycles. The van der Waals surface area contributed by atoms with E-state index < -0.39 is 0 Å². The molecule has 1 fully saturated rings. The highest BCUT2D eigenvalue weighted by atomic mass is 35.5. The lowest BCUT2D eigenvalue weighted by molar-refractivity contribution is -0.117. The summed E-state index contributed by atoms with van der Waals surface area (Å²) in [4.78, 5) is 14.5. The maximum absolute atomic E-state index is 12.4. The molecule has 1 saturated heterocycles. The van der Waals surface area contributed by atoms with Crippen LogP contribution in [0, 0.1) is 0 Å². The Morgan fingerprint density at radius 1 is 1.28 bits per heavy atom. The molecule has 0 bridgehead atoms. The van der Waals surface area contributed by atoms with Gasteiger partial charge in [-0.2, -0.15) is 0 Å². The summed E-state index contributed by atoms with van der Waals surface area (Å²) in [6.07, 6.45) is 3.09. The van der Waals surface area contributed by atoms with Gasteiger partial charge in [-0.05, 0) is 26.4 Å². The molecule has 1 aromatic rings. The number of nitrogens with zero attached hydrogens (tertiary/aromatic N) is 1. The maximum atomic E-state index is 12.4. The number of hydrogen-bond acceptors (Lipinski definition) is 5. The quantitative estimate of drug-likeness (QED) is 0.828. The number of halogens is 2. The molecule has 25 heavy (non-hydrogen) atoms. The van der Waals surface area contributed by atoms with Crippen LogP contribution in [0.1, 0.15) is 19.3 Å². The SMILES string of the molecule is CNC1CCCN(CC(=O)Nc2cc3c(cc2Cl)OCCCO3)C1.Cl. The van der Waals surface area contributed by atoms with E-state index in [1.54, 1.807) is 12.1 Å². The summed E-state index contributed by atoms with van der Waals surface area (Å²) in [5.41, 5.74) is 0.563. The smallest absolute Gasteiger partial charge is 0.238 e. The highest BCUT2D eigenvalue weighted by molar-refractivity contribution is 6.34. The van der Waals surface area contributed by atoms with E-state index in [-0.39, 0.29) is 18.3 Å². The predicted octanol–water partition coefficient (Wildman–Crippen LogP) is 2.55. The average Bonchev–Trinajstić information content (AvgIpc) is 2.80. The van der Waals surface area contributed by atoms with E-state index in [1.807, 2.05) is 7.05 Å². The first-order chi connectivity index (χ1) is 11.7.